The van der Waals surface area contributed by atoms with E-state index in [1.807, 2.05) is 29.5 Å². The summed E-state index contributed by atoms with van der Waals surface area (Å²) in [4.78, 5) is 17.0. The Morgan fingerprint density at radius 1 is 1.33 bits per heavy atom. The topological polar surface area (TPSA) is 73.1 Å². The average molecular weight is 346 g/mol. The maximum absolute atomic E-state index is 11.4. The van der Waals surface area contributed by atoms with Crippen molar-refractivity contribution in [1.82, 2.24) is 9.38 Å². The van der Waals surface area contributed by atoms with Crippen LogP contribution in [0.4, 0.5) is 0 Å². The molecule has 0 spiro atoms. The monoisotopic (exact) mass is 346 g/mol. The van der Waals surface area contributed by atoms with Crippen LogP contribution in [0.15, 0.2) is 18.2 Å². The SMILES string of the molecule is CCc1c(-c2cc(OC)ccc2OC)nc2sc(C(=O)O)c(C)n12. The fourth-order valence-corrected chi connectivity index (χ4v) is 3.84. The van der Waals surface area contributed by atoms with Crippen molar-refractivity contribution in [3.05, 3.63) is 34.5 Å². The zero-order valence-corrected chi connectivity index (χ0v) is 14.7. The number of aryl methyl sites for hydroxylation is 2. The van der Waals surface area contributed by atoms with Crippen molar-refractivity contribution in [3.8, 4) is 22.8 Å². The van der Waals surface area contributed by atoms with Gasteiger partial charge in [0.2, 0.25) is 0 Å². The van der Waals surface area contributed by atoms with Crippen LogP contribution in [0.5, 0.6) is 11.5 Å². The van der Waals surface area contributed by atoms with Gasteiger partial charge in [0.05, 0.1) is 25.6 Å². The van der Waals surface area contributed by atoms with Crippen LogP contribution >= 0.6 is 11.3 Å². The molecule has 0 aliphatic carbocycles. The molecule has 0 radical (unpaired) electrons. The second kappa shape index (κ2) is 6.16. The summed E-state index contributed by atoms with van der Waals surface area (Å²) < 4.78 is 12.7. The minimum atomic E-state index is -0.925. The van der Waals surface area contributed by atoms with Crippen LogP contribution < -0.4 is 9.47 Å². The fourth-order valence-electron chi connectivity index (χ4n) is 2.85. The lowest BCUT2D eigenvalue weighted by Crippen LogP contribution is -2.00. The van der Waals surface area contributed by atoms with E-state index in [0.29, 0.717) is 33.5 Å². The molecule has 0 fully saturated rings. The maximum Gasteiger partial charge on any atom is 0.347 e. The van der Waals surface area contributed by atoms with Gasteiger partial charge in [-0.15, -0.1) is 0 Å². The highest BCUT2D eigenvalue weighted by molar-refractivity contribution is 7.19. The molecular formula is C17H18N2O4S. The Morgan fingerprint density at radius 3 is 2.67 bits per heavy atom. The number of aromatic carboxylic acids is 1. The number of carbonyl (C=O) groups is 1. The highest BCUT2D eigenvalue weighted by Gasteiger charge is 2.23. The van der Waals surface area contributed by atoms with E-state index in [4.69, 9.17) is 9.47 Å². The first-order valence-corrected chi connectivity index (χ1v) is 8.29. The number of fused-ring (bicyclic) bond motifs is 1. The molecular weight excluding hydrogens is 328 g/mol. The first-order chi connectivity index (χ1) is 11.5. The summed E-state index contributed by atoms with van der Waals surface area (Å²) in [5, 5.41) is 9.32. The average Bonchev–Trinajstić information content (AvgIpc) is 3.10. The molecule has 1 N–H and O–H groups in total. The van der Waals surface area contributed by atoms with Gasteiger partial charge in [-0.05, 0) is 31.5 Å². The van der Waals surface area contributed by atoms with Gasteiger partial charge in [-0.25, -0.2) is 9.78 Å². The summed E-state index contributed by atoms with van der Waals surface area (Å²) in [6.45, 7) is 3.83. The summed E-state index contributed by atoms with van der Waals surface area (Å²) in [7, 11) is 3.23. The number of ether oxygens (including phenoxy) is 2. The van der Waals surface area contributed by atoms with Gasteiger partial charge in [0.1, 0.15) is 16.4 Å². The number of benzene rings is 1. The number of rotatable bonds is 5. The Hall–Kier alpha value is -2.54. The van der Waals surface area contributed by atoms with Crippen LogP contribution in [0.3, 0.4) is 0 Å². The van der Waals surface area contributed by atoms with Crippen LogP contribution in [-0.4, -0.2) is 34.7 Å². The molecule has 0 aliphatic heterocycles. The molecule has 2 heterocycles. The normalized spacial score (nSPS) is 11.0. The predicted molar refractivity (Wildman–Crippen MR) is 92.7 cm³/mol. The minimum absolute atomic E-state index is 0.316. The van der Waals surface area contributed by atoms with Gasteiger partial charge < -0.3 is 14.6 Å². The summed E-state index contributed by atoms with van der Waals surface area (Å²) >= 11 is 1.18. The lowest BCUT2D eigenvalue weighted by Gasteiger charge is -2.10. The number of methoxy groups -OCH3 is 2. The molecule has 1 aromatic carbocycles. The Labute approximate surface area is 143 Å². The molecule has 0 atom stereocenters. The van der Waals surface area contributed by atoms with Gasteiger partial charge in [-0.2, -0.15) is 0 Å². The lowest BCUT2D eigenvalue weighted by molar-refractivity contribution is 0.0701. The fraction of sp³-hybridized carbons (Fsp3) is 0.294. The predicted octanol–water partition coefficient (Wildman–Crippen LogP) is 3.65. The van der Waals surface area contributed by atoms with Crippen LogP contribution in [0.1, 0.15) is 28.0 Å². The van der Waals surface area contributed by atoms with Crippen LogP contribution in [0.2, 0.25) is 0 Å². The third-order valence-corrected chi connectivity index (χ3v) is 5.12. The molecule has 2 aromatic heterocycles. The summed E-state index contributed by atoms with van der Waals surface area (Å²) in [5.74, 6) is 0.491. The zero-order valence-electron chi connectivity index (χ0n) is 13.9. The van der Waals surface area contributed by atoms with Gasteiger partial charge in [0, 0.05) is 11.3 Å². The van der Waals surface area contributed by atoms with E-state index < -0.39 is 5.97 Å². The second-order valence-corrected chi connectivity index (χ2v) is 6.24. The van der Waals surface area contributed by atoms with Crippen LogP contribution in [0.25, 0.3) is 16.2 Å². The van der Waals surface area contributed by atoms with Crippen molar-refractivity contribution in [2.45, 2.75) is 20.3 Å². The lowest BCUT2D eigenvalue weighted by atomic mass is 10.1. The number of thiazole rings is 1. The molecule has 0 unspecified atom stereocenters. The van der Waals surface area contributed by atoms with Crippen molar-refractivity contribution in [3.63, 3.8) is 0 Å². The van der Waals surface area contributed by atoms with E-state index in [2.05, 4.69) is 4.98 Å². The highest BCUT2D eigenvalue weighted by atomic mass is 32.1. The first kappa shape index (κ1) is 16.3. The molecule has 0 bridgehead atoms. The molecule has 6 nitrogen and oxygen atoms in total. The molecule has 0 amide bonds. The van der Waals surface area contributed by atoms with Crippen LogP contribution in [-0.2, 0) is 6.42 Å². The molecule has 126 valence electrons. The third-order valence-electron chi connectivity index (χ3n) is 3.99. The van der Waals surface area contributed by atoms with Gasteiger partial charge in [0.25, 0.3) is 0 Å². The van der Waals surface area contributed by atoms with E-state index in [-0.39, 0.29) is 0 Å². The van der Waals surface area contributed by atoms with Crippen molar-refractivity contribution in [1.29, 1.82) is 0 Å². The minimum Gasteiger partial charge on any atom is -0.497 e. The Bertz CT molecular complexity index is 926. The first-order valence-electron chi connectivity index (χ1n) is 7.48. The summed E-state index contributed by atoms with van der Waals surface area (Å²) in [6.07, 6.45) is 0.716. The molecule has 0 aliphatic rings. The molecule has 24 heavy (non-hydrogen) atoms. The highest BCUT2D eigenvalue weighted by Crippen LogP contribution is 2.37. The Morgan fingerprint density at radius 2 is 2.08 bits per heavy atom. The maximum atomic E-state index is 11.4. The smallest absolute Gasteiger partial charge is 0.347 e. The Balaban J connectivity index is 2.30. The van der Waals surface area contributed by atoms with Crippen molar-refractivity contribution < 1.29 is 19.4 Å². The number of carboxylic acids is 1. The van der Waals surface area contributed by atoms with Gasteiger partial charge in [-0.3, -0.25) is 4.40 Å². The largest absolute Gasteiger partial charge is 0.497 e. The second-order valence-electron chi connectivity index (χ2n) is 5.27. The molecule has 0 saturated carbocycles. The zero-order chi connectivity index (χ0) is 17.4. The molecule has 0 saturated heterocycles. The van der Waals surface area contributed by atoms with E-state index in [1.165, 1.54) is 11.3 Å². The number of hydrogen-bond donors (Lipinski definition) is 1. The summed E-state index contributed by atoms with van der Waals surface area (Å²) in [6, 6.07) is 5.56. The van der Waals surface area contributed by atoms with Crippen molar-refractivity contribution in [2.75, 3.05) is 14.2 Å². The van der Waals surface area contributed by atoms with Crippen LogP contribution in [0, 0.1) is 6.92 Å². The molecule has 7 heteroatoms. The molecule has 3 aromatic rings. The molecule has 3 rings (SSSR count). The van der Waals surface area contributed by atoms with Gasteiger partial charge >= 0.3 is 5.97 Å². The number of aromatic nitrogens is 2. The summed E-state index contributed by atoms with van der Waals surface area (Å²) in [5.41, 5.74) is 3.28. The Kier molecular flexibility index (Phi) is 4.19. The number of nitrogens with zero attached hydrogens (tertiary/aromatic N) is 2. The van der Waals surface area contributed by atoms with Gasteiger partial charge in [0.15, 0.2) is 4.96 Å². The van der Waals surface area contributed by atoms with E-state index in [0.717, 1.165) is 17.0 Å². The number of carboxylic acid groups (broad SMARTS) is 1. The number of imidazole rings is 1. The standard InChI is InChI=1S/C17H18N2O4S/c1-5-12-14(11-8-10(22-3)6-7-13(11)23-4)18-17-19(12)9(2)15(24-17)16(20)21/h6-8H,5H2,1-4H3,(H,20,21). The van der Waals surface area contributed by atoms with E-state index >= 15 is 0 Å². The van der Waals surface area contributed by atoms with Crippen molar-refractivity contribution >= 4 is 22.3 Å². The van der Waals surface area contributed by atoms with E-state index in [1.54, 1.807) is 21.1 Å². The quantitative estimate of drug-likeness (QED) is 0.763. The number of hydrogen-bond acceptors (Lipinski definition) is 5. The third kappa shape index (κ3) is 2.41. The van der Waals surface area contributed by atoms with Crippen molar-refractivity contribution in [2.24, 2.45) is 0 Å². The van der Waals surface area contributed by atoms with Gasteiger partial charge in [-0.1, -0.05) is 18.3 Å². The van der Waals surface area contributed by atoms with E-state index in [9.17, 15) is 9.90 Å².